The van der Waals surface area contributed by atoms with Crippen molar-refractivity contribution >= 4 is 5.91 Å². The van der Waals surface area contributed by atoms with E-state index in [0.29, 0.717) is 12.3 Å². The molecular formula is C15H28N2O2. The number of aliphatic hydroxyl groups excluding tert-OH is 1. The molecule has 4 N–H and O–H groups in total. The number of hydrogen-bond donors (Lipinski definition) is 3. The van der Waals surface area contributed by atoms with E-state index in [1.165, 1.54) is 12.8 Å². The summed E-state index contributed by atoms with van der Waals surface area (Å²) in [6.07, 6.45) is 9.72. The van der Waals surface area contributed by atoms with Gasteiger partial charge >= 0.3 is 0 Å². The van der Waals surface area contributed by atoms with Crippen molar-refractivity contribution < 1.29 is 9.90 Å². The molecule has 4 unspecified atom stereocenters. The second-order valence-electron chi connectivity index (χ2n) is 6.29. The van der Waals surface area contributed by atoms with Gasteiger partial charge in [0.25, 0.3) is 0 Å². The summed E-state index contributed by atoms with van der Waals surface area (Å²) in [6.45, 7) is 0. The van der Waals surface area contributed by atoms with E-state index in [4.69, 9.17) is 5.73 Å². The van der Waals surface area contributed by atoms with Crippen LogP contribution in [0, 0.1) is 5.92 Å². The Bertz CT molecular complexity index is 296. The molecule has 0 heterocycles. The summed E-state index contributed by atoms with van der Waals surface area (Å²) >= 11 is 0. The van der Waals surface area contributed by atoms with E-state index in [1.54, 1.807) is 0 Å². The lowest BCUT2D eigenvalue weighted by molar-refractivity contribution is -0.124. The smallest absolute Gasteiger partial charge is 0.220 e. The largest absolute Gasteiger partial charge is 0.391 e. The van der Waals surface area contributed by atoms with Gasteiger partial charge in [-0.2, -0.15) is 0 Å². The predicted octanol–water partition coefficient (Wildman–Crippen LogP) is 1.70. The first kappa shape index (κ1) is 14.8. The zero-order valence-corrected chi connectivity index (χ0v) is 11.8. The van der Waals surface area contributed by atoms with E-state index in [2.05, 4.69) is 5.32 Å². The van der Waals surface area contributed by atoms with Gasteiger partial charge < -0.3 is 16.2 Å². The number of hydrogen-bond acceptors (Lipinski definition) is 3. The van der Waals surface area contributed by atoms with E-state index in [1.807, 2.05) is 0 Å². The lowest BCUT2D eigenvalue weighted by Crippen LogP contribution is -2.44. The molecule has 2 aliphatic rings. The third-order valence-corrected chi connectivity index (χ3v) is 4.74. The molecule has 4 atom stereocenters. The first-order valence-electron chi connectivity index (χ1n) is 7.90. The molecule has 4 nitrogen and oxygen atoms in total. The summed E-state index contributed by atoms with van der Waals surface area (Å²) in [7, 11) is 0. The summed E-state index contributed by atoms with van der Waals surface area (Å²) < 4.78 is 0. The highest BCUT2D eigenvalue weighted by atomic mass is 16.3. The molecule has 0 aromatic carbocycles. The van der Waals surface area contributed by atoms with Crippen LogP contribution < -0.4 is 11.1 Å². The van der Waals surface area contributed by atoms with E-state index >= 15 is 0 Å². The van der Waals surface area contributed by atoms with Crippen molar-refractivity contribution in [3.8, 4) is 0 Å². The lowest BCUT2D eigenvalue weighted by Gasteiger charge is -2.29. The topological polar surface area (TPSA) is 75.4 Å². The lowest BCUT2D eigenvalue weighted by atomic mass is 9.83. The Kier molecular flexibility index (Phi) is 5.64. The first-order chi connectivity index (χ1) is 9.16. The quantitative estimate of drug-likeness (QED) is 0.682. The molecule has 2 fully saturated rings. The number of nitrogens with two attached hydrogens (primary N) is 1. The van der Waals surface area contributed by atoms with Crippen LogP contribution in [0.15, 0.2) is 0 Å². The van der Waals surface area contributed by atoms with E-state index in [0.717, 1.165) is 44.9 Å². The highest BCUT2D eigenvalue weighted by molar-refractivity contribution is 5.76. The highest BCUT2D eigenvalue weighted by Crippen LogP contribution is 2.26. The van der Waals surface area contributed by atoms with Crippen LogP contribution in [0.3, 0.4) is 0 Å². The Labute approximate surface area is 116 Å². The molecule has 19 heavy (non-hydrogen) atoms. The van der Waals surface area contributed by atoms with Crippen LogP contribution in [0.2, 0.25) is 0 Å². The SMILES string of the molecule is NC1CCCCC1CC(=O)NC1CCCCCC1O. The fourth-order valence-corrected chi connectivity index (χ4v) is 3.45. The monoisotopic (exact) mass is 268 g/mol. The summed E-state index contributed by atoms with van der Waals surface area (Å²) in [5, 5.41) is 13.0. The van der Waals surface area contributed by atoms with Crippen LogP contribution in [0.25, 0.3) is 0 Å². The molecule has 0 spiro atoms. The second-order valence-corrected chi connectivity index (χ2v) is 6.29. The van der Waals surface area contributed by atoms with Crippen molar-refractivity contribution in [1.82, 2.24) is 5.32 Å². The van der Waals surface area contributed by atoms with Gasteiger partial charge in [0, 0.05) is 12.5 Å². The van der Waals surface area contributed by atoms with Crippen molar-refractivity contribution in [2.45, 2.75) is 82.4 Å². The van der Waals surface area contributed by atoms with Gasteiger partial charge in [0.2, 0.25) is 5.91 Å². The third kappa shape index (κ3) is 4.46. The Morgan fingerprint density at radius 3 is 2.53 bits per heavy atom. The van der Waals surface area contributed by atoms with Crippen molar-refractivity contribution in [1.29, 1.82) is 0 Å². The van der Waals surface area contributed by atoms with Gasteiger partial charge in [-0.15, -0.1) is 0 Å². The maximum atomic E-state index is 12.1. The fourth-order valence-electron chi connectivity index (χ4n) is 3.45. The number of nitrogens with one attached hydrogen (secondary N) is 1. The third-order valence-electron chi connectivity index (χ3n) is 4.74. The Morgan fingerprint density at radius 1 is 1.05 bits per heavy atom. The molecular weight excluding hydrogens is 240 g/mol. The van der Waals surface area contributed by atoms with Gasteiger partial charge in [-0.1, -0.05) is 32.1 Å². The molecule has 4 heteroatoms. The van der Waals surface area contributed by atoms with Gasteiger partial charge in [-0.05, 0) is 31.6 Å². The number of rotatable bonds is 3. The standard InChI is InChI=1S/C15H28N2O2/c16-12-7-5-4-6-11(12)10-15(19)17-13-8-2-1-3-9-14(13)18/h11-14,18H,1-10,16H2,(H,17,19). The van der Waals surface area contributed by atoms with Crippen molar-refractivity contribution in [2.75, 3.05) is 0 Å². The normalized spacial score (nSPS) is 36.5. The van der Waals surface area contributed by atoms with Gasteiger partial charge in [0.15, 0.2) is 0 Å². The molecule has 0 bridgehead atoms. The average molecular weight is 268 g/mol. The summed E-state index contributed by atoms with van der Waals surface area (Å²) in [4.78, 5) is 12.1. The maximum Gasteiger partial charge on any atom is 0.220 e. The maximum absolute atomic E-state index is 12.1. The van der Waals surface area contributed by atoms with Gasteiger partial charge in [0.05, 0.1) is 12.1 Å². The van der Waals surface area contributed by atoms with Crippen LogP contribution >= 0.6 is 0 Å². The first-order valence-corrected chi connectivity index (χ1v) is 7.90. The van der Waals surface area contributed by atoms with E-state index < -0.39 is 0 Å². The molecule has 0 radical (unpaired) electrons. The molecule has 2 aliphatic carbocycles. The Balaban J connectivity index is 1.79. The zero-order chi connectivity index (χ0) is 13.7. The minimum absolute atomic E-state index is 0.0465. The average Bonchev–Trinajstić information content (AvgIpc) is 2.58. The molecule has 0 aromatic heterocycles. The van der Waals surface area contributed by atoms with Gasteiger partial charge in [-0.3, -0.25) is 4.79 Å². The van der Waals surface area contributed by atoms with Gasteiger partial charge in [0.1, 0.15) is 0 Å². The van der Waals surface area contributed by atoms with Crippen LogP contribution in [-0.4, -0.2) is 29.2 Å². The number of carbonyl (C=O) groups is 1. The van der Waals surface area contributed by atoms with Crippen molar-refractivity contribution in [3.63, 3.8) is 0 Å². The zero-order valence-electron chi connectivity index (χ0n) is 11.8. The molecule has 0 aliphatic heterocycles. The minimum atomic E-state index is -0.369. The Morgan fingerprint density at radius 2 is 1.74 bits per heavy atom. The molecule has 0 aromatic rings. The fraction of sp³-hybridized carbons (Fsp3) is 0.933. The summed E-state index contributed by atoms with van der Waals surface area (Å²) in [5.74, 6) is 0.407. The van der Waals surface area contributed by atoms with Gasteiger partial charge in [-0.25, -0.2) is 0 Å². The van der Waals surface area contributed by atoms with Crippen LogP contribution in [0.1, 0.15) is 64.2 Å². The molecule has 110 valence electrons. The number of amides is 1. The van der Waals surface area contributed by atoms with Crippen LogP contribution in [0.4, 0.5) is 0 Å². The predicted molar refractivity (Wildman–Crippen MR) is 75.6 cm³/mol. The van der Waals surface area contributed by atoms with Crippen molar-refractivity contribution in [2.24, 2.45) is 11.7 Å². The van der Waals surface area contributed by atoms with Crippen LogP contribution in [0.5, 0.6) is 0 Å². The summed E-state index contributed by atoms with van der Waals surface area (Å²) in [5.41, 5.74) is 6.08. The Hall–Kier alpha value is -0.610. The van der Waals surface area contributed by atoms with E-state index in [9.17, 15) is 9.90 Å². The highest BCUT2D eigenvalue weighted by Gasteiger charge is 2.27. The summed E-state index contributed by atoms with van der Waals surface area (Å²) in [6, 6.07) is 0.133. The molecule has 2 rings (SSSR count). The molecule has 1 amide bonds. The molecule has 0 saturated heterocycles. The second kappa shape index (κ2) is 7.25. The van der Waals surface area contributed by atoms with Crippen LogP contribution in [-0.2, 0) is 4.79 Å². The van der Waals surface area contributed by atoms with E-state index in [-0.39, 0.29) is 24.1 Å². The molecule has 2 saturated carbocycles. The van der Waals surface area contributed by atoms with Crippen molar-refractivity contribution in [3.05, 3.63) is 0 Å². The number of carbonyl (C=O) groups excluding carboxylic acids is 1. The minimum Gasteiger partial charge on any atom is -0.391 e. The number of aliphatic hydroxyl groups is 1.